The van der Waals surface area contributed by atoms with Gasteiger partial charge in [0.2, 0.25) is 0 Å². The second-order valence-corrected chi connectivity index (χ2v) is 3.27. The van der Waals surface area contributed by atoms with E-state index < -0.39 is 0 Å². The average molecular weight is 137 g/mol. The number of nitrogens with zero attached hydrogens (tertiary/aromatic N) is 1. The highest BCUT2D eigenvalue weighted by molar-refractivity contribution is 4.87. The molecule has 2 atom stereocenters. The number of hydrogen-bond donors (Lipinski definition) is 0. The van der Waals surface area contributed by atoms with E-state index in [4.69, 9.17) is 5.26 Å². The number of hydrogen-bond acceptors (Lipinski definition) is 1. The maximum absolute atomic E-state index is 8.65. The molecular formula is C9H15N. The van der Waals surface area contributed by atoms with Crippen LogP contribution in [0.25, 0.3) is 0 Å². The molecule has 10 heavy (non-hydrogen) atoms. The van der Waals surface area contributed by atoms with Gasteiger partial charge >= 0.3 is 0 Å². The van der Waals surface area contributed by atoms with Crippen molar-refractivity contribution in [2.24, 2.45) is 11.8 Å². The summed E-state index contributed by atoms with van der Waals surface area (Å²) in [5.41, 5.74) is 0. The molecule has 1 rings (SSSR count). The Morgan fingerprint density at radius 2 is 2.30 bits per heavy atom. The number of rotatable bonds is 1. The summed E-state index contributed by atoms with van der Waals surface area (Å²) in [5.74, 6) is 1.22. The summed E-state index contributed by atoms with van der Waals surface area (Å²) < 4.78 is 0. The summed E-state index contributed by atoms with van der Waals surface area (Å²) in [6.07, 6.45) is 6.20. The van der Waals surface area contributed by atoms with E-state index in [1.54, 1.807) is 0 Å². The number of nitriles is 1. The molecular weight excluding hydrogens is 122 g/mol. The first-order valence-corrected chi connectivity index (χ1v) is 4.26. The van der Waals surface area contributed by atoms with Crippen molar-refractivity contribution < 1.29 is 0 Å². The van der Waals surface area contributed by atoms with Gasteiger partial charge in [0.15, 0.2) is 0 Å². The fraction of sp³-hybridized carbons (Fsp3) is 0.889. The fourth-order valence-electron chi connectivity index (χ4n) is 1.78. The van der Waals surface area contributed by atoms with Crippen LogP contribution in [0.15, 0.2) is 0 Å². The molecule has 1 nitrogen and oxygen atoms in total. The third kappa shape index (κ3) is 1.73. The molecule has 0 aromatic rings. The Morgan fingerprint density at radius 3 is 2.90 bits per heavy atom. The predicted octanol–water partition coefficient (Wildman–Crippen LogP) is 2.73. The summed E-state index contributed by atoms with van der Waals surface area (Å²) in [6.45, 7) is 2.23. The zero-order valence-corrected chi connectivity index (χ0v) is 6.64. The SMILES string of the molecule is CCC1CCCC(C#N)C1. The molecule has 0 aromatic carbocycles. The van der Waals surface area contributed by atoms with Gasteiger partial charge in [0.05, 0.1) is 6.07 Å². The van der Waals surface area contributed by atoms with Crippen molar-refractivity contribution in [1.29, 1.82) is 5.26 Å². The molecule has 0 heterocycles. The summed E-state index contributed by atoms with van der Waals surface area (Å²) in [5, 5.41) is 8.65. The molecule has 0 saturated heterocycles. The molecule has 56 valence electrons. The lowest BCUT2D eigenvalue weighted by Gasteiger charge is -2.23. The standard InChI is InChI=1S/C9H15N/c1-2-8-4-3-5-9(6-8)7-10/h8-9H,2-6H2,1H3. The monoisotopic (exact) mass is 137 g/mol. The lowest BCUT2D eigenvalue weighted by molar-refractivity contribution is 0.302. The van der Waals surface area contributed by atoms with Crippen LogP contribution in [-0.4, -0.2) is 0 Å². The smallest absolute Gasteiger partial charge is 0.0655 e. The summed E-state index contributed by atoms with van der Waals surface area (Å²) in [7, 11) is 0. The lowest BCUT2D eigenvalue weighted by Crippen LogP contribution is -2.13. The first kappa shape index (κ1) is 7.60. The van der Waals surface area contributed by atoms with E-state index in [1.165, 1.54) is 19.3 Å². The third-order valence-corrected chi connectivity index (χ3v) is 2.54. The van der Waals surface area contributed by atoms with E-state index in [1.807, 2.05) is 0 Å². The van der Waals surface area contributed by atoms with Gasteiger partial charge in [-0.2, -0.15) is 5.26 Å². The van der Waals surface area contributed by atoms with E-state index in [0.717, 1.165) is 18.8 Å². The Morgan fingerprint density at radius 1 is 1.50 bits per heavy atom. The Kier molecular flexibility index (Phi) is 2.74. The topological polar surface area (TPSA) is 23.8 Å². The minimum absolute atomic E-state index is 0.374. The molecule has 0 spiro atoms. The zero-order chi connectivity index (χ0) is 7.40. The molecule has 0 bridgehead atoms. The van der Waals surface area contributed by atoms with E-state index in [0.29, 0.717) is 5.92 Å². The van der Waals surface area contributed by atoms with Gasteiger partial charge in [-0.3, -0.25) is 0 Å². The van der Waals surface area contributed by atoms with Crippen molar-refractivity contribution in [3.63, 3.8) is 0 Å². The van der Waals surface area contributed by atoms with Crippen molar-refractivity contribution in [3.05, 3.63) is 0 Å². The minimum atomic E-state index is 0.374. The summed E-state index contributed by atoms with van der Waals surface area (Å²) in [4.78, 5) is 0. The molecule has 1 aliphatic rings. The van der Waals surface area contributed by atoms with E-state index in [2.05, 4.69) is 13.0 Å². The van der Waals surface area contributed by atoms with Crippen LogP contribution in [0.2, 0.25) is 0 Å². The van der Waals surface area contributed by atoms with Crippen molar-refractivity contribution in [1.82, 2.24) is 0 Å². The molecule has 0 aliphatic heterocycles. The van der Waals surface area contributed by atoms with Crippen LogP contribution in [0.5, 0.6) is 0 Å². The Hall–Kier alpha value is -0.510. The van der Waals surface area contributed by atoms with Gasteiger partial charge in [-0.15, -0.1) is 0 Å². The molecule has 0 amide bonds. The van der Waals surface area contributed by atoms with Gasteiger partial charge in [-0.1, -0.05) is 26.2 Å². The van der Waals surface area contributed by atoms with Crippen LogP contribution in [0.1, 0.15) is 39.0 Å². The third-order valence-electron chi connectivity index (χ3n) is 2.54. The van der Waals surface area contributed by atoms with Crippen molar-refractivity contribution >= 4 is 0 Å². The van der Waals surface area contributed by atoms with Gasteiger partial charge in [0, 0.05) is 5.92 Å². The zero-order valence-electron chi connectivity index (χ0n) is 6.64. The first-order valence-electron chi connectivity index (χ1n) is 4.26. The average Bonchev–Trinajstić information content (AvgIpc) is 2.05. The molecule has 1 heteroatoms. The highest BCUT2D eigenvalue weighted by Gasteiger charge is 2.19. The molecule has 0 aromatic heterocycles. The molecule has 1 saturated carbocycles. The molecule has 1 fully saturated rings. The summed E-state index contributed by atoms with van der Waals surface area (Å²) >= 11 is 0. The summed E-state index contributed by atoms with van der Waals surface area (Å²) in [6, 6.07) is 2.37. The Bertz CT molecular complexity index is 134. The van der Waals surface area contributed by atoms with Crippen LogP contribution in [-0.2, 0) is 0 Å². The minimum Gasteiger partial charge on any atom is -0.198 e. The van der Waals surface area contributed by atoms with Crippen LogP contribution in [0, 0.1) is 23.2 Å². The second-order valence-electron chi connectivity index (χ2n) is 3.27. The first-order chi connectivity index (χ1) is 4.86. The predicted molar refractivity (Wildman–Crippen MR) is 41.4 cm³/mol. The Balaban J connectivity index is 2.33. The van der Waals surface area contributed by atoms with Crippen LogP contribution in [0.3, 0.4) is 0 Å². The lowest BCUT2D eigenvalue weighted by atomic mass is 9.81. The quantitative estimate of drug-likeness (QED) is 0.545. The van der Waals surface area contributed by atoms with E-state index in [-0.39, 0.29) is 0 Å². The molecule has 0 N–H and O–H groups in total. The van der Waals surface area contributed by atoms with Crippen LogP contribution >= 0.6 is 0 Å². The fourth-order valence-corrected chi connectivity index (χ4v) is 1.78. The van der Waals surface area contributed by atoms with Crippen molar-refractivity contribution in [2.75, 3.05) is 0 Å². The van der Waals surface area contributed by atoms with Gasteiger partial charge in [0.1, 0.15) is 0 Å². The molecule has 0 radical (unpaired) electrons. The van der Waals surface area contributed by atoms with E-state index >= 15 is 0 Å². The van der Waals surface area contributed by atoms with Crippen LogP contribution < -0.4 is 0 Å². The maximum Gasteiger partial charge on any atom is 0.0655 e. The second kappa shape index (κ2) is 3.61. The van der Waals surface area contributed by atoms with Gasteiger partial charge in [-0.05, 0) is 18.8 Å². The van der Waals surface area contributed by atoms with Gasteiger partial charge < -0.3 is 0 Å². The highest BCUT2D eigenvalue weighted by Crippen LogP contribution is 2.30. The van der Waals surface area contributed by atoms with Gasteiger partial charge in [0.25, 0.3) is 0 Å². The van der Waals surface area contributed by atoms with Crippen LogP contribution in [0.4, 0.5) is 0 Å². The molecule has 1 aliphatic carbocycles. The van der Waals surface area contributed by atoms with Gasteiger partial charge in [-0.25, -0.2) is 0 Å². The van der Waals surface area contributed by atoms with Crippen molar-refractivity contribution in [3.8, 4) is 6.07 Å². The van der Waals surface area contributed by atoms with E-state index in [9.17, 15) is 0 Å². The molecule has 2 unspecified atom stereocenters. The maximum atomic E-state index is 8.65. The normalized spacial score (nSPS) is 33.2. The largest absolute Gasteiger partial charge is 0.198 e. The van der Waals surface area contributed by atoms with Crippen molar-refractivity contribution in [2.45, 2.75) is 39.0 Å². The highest BCUT2D eigenvalue weighted by atomic mass is 14.3. The Labute approximate surface area is 63.0 Å².